The highest BCUT2D eigenvalue weighted by Gasteiger charge is 2.34. The van der Waals surface area contributed by atoms with E-state index in [4.69, 9.17) is 5.11 Å². The van der Waals surface area contributed by atoms with Crippen molar-refractivity contribution in [3.63, 3.8) is 0 Å². The molecule has 1 aromatic carbocycles. The number of nitro benzene ring substituents is 1. The number of aryl methyl sites for hydroxylation is 1. The summed E-state index contributed by atoms with van der Waals surface area (Å²) in [6, 6.07) is 3.88. The second-order valence-electron chi connectivity index (χ2n) is 6.04. The number of anilines is 1. The van der Waals surface area contributed by atoms with Gasteiger partial charge >= 0.3 is 5.97 Å². The molecule has 1 aliphatic carbocycles. The van der Waals surface area contributed by atoms with Crippen LogP contribution >= 0.6 is 0 Å². The number of carbonyl (C=O) groups is 2. The molecule has 1 fully saturated rings. The Morgan fingerprint density at radius 2 is 2.12 bits per heavy atom. The zero-order chi connectivity index (χ0) is 17.9. The van der Waals surface area contributed by atoms with Gasteiger partial charge in [0.15, 0.2) is 0 Å². The van der Waals surface area contributed by atoms with E-state index < -0.39 is 16.9 Å². The lowest BCUT2D eigenvalue weighted by atomic mass is 10.1. The van der Waals surface area contributed by atoms with Crippen molar-refractivity contribution in [2.45, 2.75) is 45.2 Å². The quantitative estimate of drug-likeness (QED) is 0.556. The number of hydrogen-bond acceptors (Lipinski definition) is 5. The molecule has 1 aliphatic rings. The van der Waals surface area contributed by atoms with Gasteiger partial charge in [-0.2, -0.15) is 0 Å². The van der Waals surface area contributed by atoms with Crippen LogP contribution in [0.2, 0.25) is 0 Å². The van der Waals surface area contributed by atoms with Crippen LogP contribution in [0.3, 0.4) is 0 Å². The molecular formula is C16H21N3O5. The lowest BCUT2D eigenvalue weighted by Gasteiger charge is -2.25. The van der Waals surface area contributed by atoms with Gasteiger partial charge in [-0.1, -0.05) is 6.07 Å². The summed E-state index contributed by atoms with van der Waals surface area (Å²) >= 11 is 0. The SMILES string of the molecule is Cc1ccc([N+](=O)[O-])cc1NC(=O)CCN(C1CC1)C(C)C(=O)O. The van der Waals surface area contributed by atoms with Crippen molar-refractivity contribution < 1.29 is 19.6 Å². The fraction of sp³-hybridized carbons (Fsp3) is 0.500. The molecule has 8 nitrogen and oxygen atoms in total. The van der Waals surface area contributed by atoms with Crippen molar-refractivity contribution in [2.75, 3.05) is 11.9 Å². The van der Waals surface area contributed by atoms with Crippen LogP contribution < -0.4 is 5.32 Å². The highest BCUT2D eigenvalue weighted by atomic mass is 16.6. The average molecular weight is 335 g/mol. The first-order valence-electron chi connectivity index (χ1n) is 7.83. The molecule has 2 N–H and O–H groups in total. The van der Waals surface area contributed by atoms with Crippen molar-refractivity contribution in [2.24, 2.45) is 0 Å². The molecule has 0 aliphatic heterocycles. The van der Waals surface area contributed by atoms with Crippen LogP contribution in [0.1, 0.15) is 31.7 Å². The number of aliphatic carboxylic acids is 1. The van der Waals surface area contributed by atoms with Crippen molar-refractivity contribution in [1.29, 1.82) is 0 Å². The first-order chi connectivity index (χ1) is 11.3. The predicted octanol–water partition coefficient (Wildman–Crippen LogP) is 2.17. The summed E-state index contributed by atoms with van der Waals surface area (Å²) < 4.78 is 0. The molecule has 2 rings (SSSR count). The highest BCUT2D eigenvalue weighted by Crippen LogP contribution is 2.29. The van der Waals surface area contributed by atoms with Gasteiger partial charge in [0, 0.05) is 31.1 Å². The molecule has 130 valence electrons. The number of carbonyl (C=O) groups excluding carboxylic acids is 1. The maximum absolute atomic E-state index is 12.1. The van der Waals surface area contributed by atoms with Crippen LogP contribution in [0, 0.1) is 17.0 Å². The Morgan fingerprint density at radius 1 is 1.46 bits per heavy atom. The summed E-state index contributed by atoms with van der Waals surface area (Å²) in [4.78, 5) is 35.4. The van der Waals surface area contributed by atoms with Crippen LogP contribution in [0.25, 0.3) is 0 Å². The minimum Gasteiger partial charge on any atom is -0.480 e. The molecule has 0 radical (unpaired) electrons. The summed E-state index contributed by atoms with van der Waals surface area (Å²) in [5.41, 5.74) is 1.04. The smallest absolute Gasteiger partial charge is 0.320 e. The molecule has 1 atom stereocenters. The highest BCUT2D eigenvalue weighted by molar-refractivity contribution is 5.92. The normalized spacial score (nSPS) is 15.1. The molecule has 1 amide bonds. The van der Waals surface area contributed by atoms with E-state index in [2.05, 4.69) is 5.32 Å². The van der Waals surface area contributed by atoms with Crippen LogP contribution in [-0.2, 0) is 9.59 Å². The molecule has 0 spiro atoms. The number of amides is 1. The number of non-ortho nitro benzene ring substituents is 1. The number of hydrogen-bond donors (Lipinski definition) is 2. The fourth-order valence-corrected chi connectivity index (χ4v) is 2.54. The first-order valence-corrected chi connectivity index (χ1v) is 7.83. The maximum Gasteiger partial charge on any atom is 0.320 e. The number of benzene rings is 1. The van der Waals surface area contributed by atoms with Gasteiger partial charge in [0.1, 0.15) is 6.04 Å². The second-order valence-corrected chi connectivity index (χ2v) is 6.04. The molecular weight excluding hydrogens is 314 g/mol. The van der Waals surface area contributed by atoms with Gasteiger partial charge < -0.3 is 10.4 Å². The number of nitrogens with one attached hydrogen (secondary N) is 1. The van der Waals surface area contributed by atoms with E-state index in [9.17, 15) is 19.7 Å². The van der Waals surface area contributed by atoms with Gasteiger partial charge in [-0.05, 0) is 32.3 Å². The lowest BCUT2D eigenvalue weighted by Crippen LogP contribution is -2.42. The summed E-state index contributed by atoms with van der Waals surface area (Å²) in [5.74, 6) is -1.20. The third-order valence-corrected chi connectivity index (χ3v) is 4.17. The van der Waals surface area contributed by atoms with E-state index in [0.29, 0.717) is 12.2 Å². The van der Waals surface area contributed by atoms with E-state index in [0.717, 1.165) is 18.4 Å². The van der Waals surface area contributed by atoms with E-state index >= 15 is 0 Å². The molecule has 1 aromatic rings. The van der Waals surface area contributed by atoms with Crippen LogP contribution in [0.5, 0.6) is 0 Å². The zero-order valence-electron chi connectivity index (χ0n) is 13.7. The zero-order valence-corrected chi connectivity index (χ0v) is 13.7. The Labute approximate surface area is 139 Å². The monoisotopic (exact) mass is 335 g/mol. The molecule has 0 saturated heterocycles. The predicted molar refractivity (Wildman–Crippen MR) is 87.9 cm³/mol. The minimum absolute atomic E-state index is 0.0880. The third kappa shape index (κ3) is 4.51. The molecule has 0 aromatic heterocycles. The summed E-state index contributed by atoms with van der Waals surface area (Å²) in [6.07, 6.45) is 2.03. The van der Waals surface area contributed by atoms with E-state index in [1.807, 2.05) is 4.90 Å². The van der Waals surface area contributed by atoms with Crippen LogP contribution in [-0.4, -0.2) is 45.4 Å². The van der Waals surface area contributed by atoms with Crippen molar-refractivity contribution >= 4 is 23.3 Å². The van der Waals surface area contributed by atoms with E-state index in [1.54, 1.807) is 19.9 Å². The summed E-state index contributed by atoms with van der Waals surface area (Å²) in [6.45, 7) is 3.71. The molecule has 1 unspecified atom stereocenters. The van der Waals surface area contributed by atoms with Gasteiger partial charge in [0.25, 0.3) is 5.69 Å². The molecule has 8 heteroatoms. The second kappa shape index (κ2) is 7.39. The average Bonchev–Trinajstić information content (AvgIpc) is 3.34. The van der Waals surface area contributed by atoms with Crippen molar-refractivity contribution in [3.05, 3.63) is 33.9 Å². The largest absolute Gasteiger partial charge is 0.480 e. The van der Waals surface area contributed by atoms with Gasteiger partial charge in [0.2, 0.25) is 5.91 Å². The van der Waals surface area contributed by atoms with Gasteiger partial charge in [-0.25, -0.2) is 0 Å². The Morgan fingerprint density at radius 3 is 2.67 bits per heavy atom. The molecule has 0 bridgehead atoms. The van der Waals surface area contributed by atoms with Gasteiger partial charge in [0.05, 0.1) is 10.6 Å². The minimum atomic E-state index is -0.906. The number of rotatable bonds is 8. The van der Waals surface area contributed by atoms with Crippen LogP contribution in [0.4, 0.5) is 11.4 Å². The Hall–Kier alpha value is -2.48. The summed E-state index contributed by atoms with van der Waals surface area (Å²) in [7, 11) is 0. The van der Waals surface area contributed by atoms with E-state index in [1.165, 1.54) is 12.1 Å². The van der Waals surface area contributed by atoms with Gasteiger partial charge in [-0.15, -0.1) is 0 Å². The van der Waals surface area contributed by atoms with Crippen molar-refractivity contribution in [1.82, 2.24) is 4.90 Å². The Bertz CT molecular complexity index is 657. The maximum atomic E-state index is 12.1. The standard InChI is InChI=1S/C16H21N3O5/c1-10-3-4-13(19(23)24)9-14(10)17-15(20)7-8-18(12-5-6-12)11(2)16(21)22/h3-4,9,11-12H,5-8H2,1-2H3,(H,17,20)(H,21,22). The van der Waals surface area contributed by atoms with E-state index in [-0.39, 0.29) is 24.1 Å². The molecule has 1 saturated carbocycles. The number of nitrogens with zero attached hydrogens (tertiary/aromatic N) is 2. The third-order valence-electron chi connectivity index (χ3n) is 4.17. The topological polar surface area (TPSA) is 113 Å². The number of carboxylic acid groups (broad SMARTS) is 1. The Balaban J connectivity index is 1.96. The molecule has 0 heterocycles. The first kappa shape index (κ1) is 17.9. The van der Waals surface area contributed by atoms with Gasteiger partial charge in [-0.3, -0.25) is 24.6 Å². The molecule has 24 heavy (non-hydrogen) atoms. The van der Waals surface area contributed by atoms with Crippen molar-refractivity contribution in [3.8, 4) is 0 Å². The number of carboxylic acids is 1. The fourth-order valence-electron chi connectivity index (χ4n) is 2.54. The number of nitro groups is 1. The summed E-state index contributed by atoms with van der Waals surface area (Å²) in [5, 5.41) is 22.6. The van der Waals surface area contributed by atoms with Crippen LogP contribution in [0.15, 0.2) is 18.2 Å². The Kier molecular flexibility index (Phi) is 5.50. The lowest BCUT2D eigenvalue weighted by molar-refractivity contribution is -0.384.